The summed E-state index contributed by atoms with van der Waals surface area (Å²) in [6.45, 7) is 2.49. The van der Waals surface area contributed by atoms with Gasteiger partial charge in [0.15, 0.2) is 11.5 Å². The third-order valence-electron chi connectivity index (χ3n) is 7.06. The molecular formula is C23H34N2O3. The molecule has 3 unspecified atom stereocenters. The van der Waals surface area contributed by atoms with E-state index in [-0.39, 0.29) is 6.04 Å². The number of amides is 1. The number of fused-ring (bicyclic) bond motifs is 1. The van der Waals surface area contributed by atoms with Gasteiger partial charge in [0.2, 0.25) is 5.91 Å². The van der Waals surface area contributed by atoms with Gasteiger partial charge in [0, 0.05) is 18.6 Å². The molecule has 4 rings (SSSR count). The number of carbonyl (C=O) groups is 1. The lowest BCUT2D eigenvalue weighted by molar-refractivity contribution is -0.139. The number of ether oxygens (including phenoxy) is 2. The van der Waals surface area contributed by atoms with Crippen molar-refractivity contribution in [2.45, 2.75) is 63.5 Å². The van der Waals surface area contributed by atoms with Crippen LogP contribution >= 0.6 is 0 Å². The van der Waals surface area contributed by atoms with Gasteiger partial charge in [-0.25, -0.2) is 0 Å². The Labute approximate surface area is 169 Å². The highest BCUT2D eigenvalue weighted by molar-refractivity contribution is 5.79. The molecule has 0 spiro atoms. The van der Waals surface area contributed by atoms with Crippen LogP contribution in [-0.4, -0.2) is 55.6 Å². The molecule has 2 aliphatic heterocycles. The maximum Gasteiger partial charge on any atom is 0.237 e. The van der Waals surface area contributed by atoms with E-state index in [1.54, 1.807) is 14.2 Å². The van der Waals surface area contributed by atoms with Crippen molar-refractivity contribution in [3.63, 3.8) is 0 Å². The predicted octanol–water partition coefficient (Wildman–Crippen LogP) is 4.02. The highest BCUT2D eigenvalue weighted by atomic mass is 16.5. The number of carbonyl (C=O) groups excluding carboxylic acids is 1. The van der Waals surface area contributed by atoms with E-state index in [0.29, 0.717) is 18.5 Å². The third-order valence-corrected chi connectivity index (χ3v) is 7.06. The van der Waals surface area contributed by atoms with Crippen LogP contribution < -0.4 is 9.47 Å². The Kier molecular flexibility index (Phi) is 6.10. The van der Waals surface area contributed by atoms with Crippen LogP contribution in [0.15, 0.2) is 18.2 Å². The van der Waals surface area contributed by atoms with Crippen molar-refractivity contribution < 1.29 is 14.3 Å². The maximum absolute atomic E-state index is 13.2. The molecule has 28 heavy (non-hydrogen) atoms. The summed E-state index contributed by atoms with van der Waals surface area (Å²) in [5, 5.41) is 0. The molecule has 3 fully saturated rings. The summed E-state index contributed by atoms with van der Waals surface area (Å²) in [5.74, 6) is 2.60. The molecule has 0 bridgehead atoms. The van der Waals surface area contributed by atoms with Crippen LogP contribution in [0.1, 0.15) is 63.0 Å². The molecule has 3 atom stereocenters. The molecule has 1 aromatic rings. The Morgan fingerprint density at radius 2 is 1.71 bits per heavy atom. The molecule has 154 valence electrons. The van der Waals surface area contributed by atoms with Crippen molar-refractivity contribution in [2.75, 3.05) is 33.9 Å². The van der Waals surface area contributed by atoms with Crippen LogP contribution in [0, 0.1) is 5.92 Å². The summed E-state index contributed by atoms with van der Waals surface area (Å²) in [4.78, 5) is 17.9. The molecule has 2 saturated heterocycles. The first-order chi connectivity index (χ1) is 13.7. The van der Waals surface area contributed by atoms with Gasteiger partial charge in [0.25, 0.3) is 0 Å². The Balaban J connectivity index is 1.46. The van der Waals surface area contributed by atoms with Gasteiger partial charge in [-0.15, -0.1) is 0 Å². The van der Waals surface area contributed by atoms with Gasteiger partial charge in [0.1, 0.15) is 0 Å². The number of rotatable bonds is 5. The van der Waals surface area contributed by atoms with Gasteiger partial charge in [-0.05, 0) is 68.7 Å². The van der Waals surface area contributed by atoms with Gasteiger partial charge >= 0.3 is 0 Å². The van der Waals surface area contributed by atoms with Crippen LogP contribution in [0.4, 0.5) is 0 Å². The molecule has 1 amide bonds. The van der Waals surface area contributed by atoms with Crippen molar-refractivity contribution in [3.8, 4) is 11.5 Å². The van der Waals surface area contributed by atoms with E-state index in [1.807, 2.05) is 6.07 Å². The molecule has 1 aromatic carbocycles. The second-order valence-electron chi connectivity index (χ2n) is 8.58. The quantitative estimate of drug-likeness (QED) is 0.766. The van der Waals surface area contributed by atoms with Crippen LogP contribution in [0.5, 0.6) is 11.5 Å². The highest BCUT2D eigenvalue weighted by Crippen LogP contribution is 2.38. The fourth-order valence-corrected chi connectivity index (χ4v) is 5.65. The minimum Gasteiger partial charge on any atom is -0.493 e. The first-order valence-corrected chi connectivity index (χ1v) is 11.0. The van der Waals surface area contributed by atoms with Crippen molar-refractivity contribution in [1.29, 1.82) is 0 Å². The first kappa shape index (κ1) is 19.6. The first-order valence-electron chi connectivity index (χ1n) is 11.0. The molecule has 5 nitrogen and oxygen atoms in total. The predicted molar refractivity (Wildman–Crippen MR) is 110 cm³/mol. The lowest BCUT2D eigenvalue weighted by atomic mass is 9.78. The van der Waals surface area contributed by atoms with Crippen molar-refractivity contribution in [3.05, 3.63) is 23.8 Å². The van der Waals surface area contributed by atoms with E-state index in [4.69, 9.17) is 9.47 Å². The normalized spacial score (nSPS) is 28.1. The number of hydrogen-bond acceptors (Lipinski definition) is 4. The molecule has 1 aliphatic carbocycles. The molecular weight excluding hydrogens is 352 g/mol. The minimum atomic E-state index is 0.288. The van der Waals surface area contributed by atoms with Crippen molar-refractivity contribution in [1.82, 2.24) is 9.80 Å². The number of likely N-dealkylation sites (tertiary alicyclic amines) is 2. The zero-order chi connectivity index (χ0) is 19.5. The number of benzene rings is 1. The lowest BCUT2D eigenvalue weighted by Gasteiger charge is -2.44. The Morgan fingerprint density at radius 1 is 0.964 bits per heavy atom. The molecule has 3 aliphatic rings. The topological polar surface area (TPSA) is 42.0 Å². The Hall–Kier alpha value is -1.75. The SMILES string of the molecule is COc1ccc(C2CCCN2CC(=O)N2CCCC3CCCCC32)cc1OC. The summed E-state index contributed by atoms with van der Waals surface area (Å²) in [5.41, 5.74) is 1.22. The monoisotopic (exact) mass is 386 g/mol. The second-order valence-corrected chi connectivity index (χ2v) is 8.58. The largest absolute Gasteiger partial charge is 0.493 e. The van der Waals surface area contributed by atoms with E-state index in [1.165, 1.54) is 44.1 Å². The fraction of sp³-hybridized carbons (Fsp3) is 0.696. The maximum atomic E-state index is 13.2. The number of piperidine rings is 1. The van der Waals surface area contributed by atoms with Crippen LogP contribution in [-0.2, 0) is 4.79 Å². The standard InChI is InChI=1S/C23H34N2O3/c1-27-21-12-11-18(15-22(21)28-2)19-10-6-13-24(19)16-23(26)25-14-5-8-17-7-3-4-9-20(17)25/h11-12,15,17,19-20H,3-10,13-14,16H2,1-2H3. The average molecular weight is 387 g/mol. The van der Waals surface area contributed by atoms with Gasteiger partial charge in [-0.1, -0.05) is 18.9 Å². The van der Waals surface area contributed by atoms with Gasteiger partial charge in [-0.3, -0.25) is 9.69 Å². The molecule has 0 radical (unpaired) electrons. The smallest absolute Gasteiger partial charge is 0.237 e. The Bertz CT molecular complexity index is 690. The third kappa shape index (κ3) is 3.86. The van der Waals surface area contributed by atoms with Gasteiger partial charge in [0.05, 0.1) is 20.8 Å². The summed E-state index contributed by atoms with van der Waals surface area (Å²) in [7, 11) is 3.34. The molecule has 0 aromatic heterocycles. The van der Waals surface area contributed by atoms with Gasteiger partial charge in [-0.2, -0.15) is 0 Å². The zero-order valence-corrected chi connectivity index (χ0v) is 17.4. The summed E-state index contributed by atoms with van der Waals surface area (Å²) in [6.07, 6.45) is 9.85. The molecule has 0 N–H and O–H groups in total. The van der Waals surface area contributed by atoms with E-state index < -0.39 is 0 Å². The van der Waals surface area contributed by atoms with Crippen molar-refractivity contribution in [2.24, 2.45) is 5.92 Å². The average Bonchev–Trinajstić information content (AvgIpc) is 3.20. The van der Waals surface area contributed by atoms with E-state index in [2.05, 4.69) is 21.9 Å². The second kappa shape index (κ2) is 8.73. The fourth-order valence-electron chi connectivity index (χ4n) is 5.65. The molecule has 5 heteroatoms. The number of nitrogens with zero attached hydrogens (tertiary/aromatic N) is 2. The number of hydrogen-bond donors (Lipinski definition) is 0. The van der Waals surface area contributed by atoms with Crippen molar-refractivity contribution >= 4 is 5.91 Å². The summed E-state index contributed by atoms with van der Waals surface area (Å²) in [6, 6.07) is 6.95. The van der Waals surface area contributed by atoms with Gasteiger partial charge < -0.3 is 14.4 Å². The summed E-state index contributed by atoms with van der Waals surface area (Å²) < 4.78 is 10.9. The highest BCUT2D eigenvalue weighted by Gasteiger charge is 2.37. The zero-order valence-electron chi connectivity index (χ0n) is 17.4. The molecule has 1 saturated carbocycles. The van der Waals surface area contributed by atoms with Crippen LogP contribution in [0.2, 0.25) is 0 Å². The summed E-state index contributed by atoms with van der Waals surface area (Å²) >= 11 is 0. The van der Waals surface area contributed by atoms with E-state index in [9.17, 15) is 4.79 Å². The van der Waals surface area contributed by atoms with Crippen LogP contribution in [0.3, 0.4) is 0 Å². The van der Waals surface area contributed by atoms with E-state index >= 15 is 0 Å². The Morgan fingerprint density at radius 3 is 2.54 bits per heavy atom. The van der Waals surface area contributed by atoms with Crippen LogP contribution in [0.25, 0.3) is 0 Å². The van der Waals surface area contributed by atoms with E-state index in [0.717, 1.165) is 43.3 Å². The number of methoxy groups -OCH3 is 2. The molecule has 2 heterocycles. The minimum absolute atomic E-state index is 0.288. The lowest BCUT2D eigenvalue weighted by Crippen LogP contribution is -2.52.